The largest absolute Gasteiger partial charge is 0.456 e. The first-order chi connectivity index (χ1) is 44.4. The summed E-state index contributed by atoms with van der Waals surface area (Å²) in [5.74, 6) is 0. The Morgan fingerprint density at radius 1 is 0.233 bits per heavy atom. The molecule has 2 aliphatic rings. The molecule has 0 fully saturated rings. The van der Waals surface area contributed by atoms with Gasteiger partial charge in [0.15, 0.2) is 0 Å². The average molecular weight is 1150 g/mol. The van der Waals surface area contributed by atoms with Crippen molar-refractivity contribution < 1.29 is 8.83 Å². The van der Waals surface area contributed by atoms with Crippen LogP contribution in [-0.2, 0) is 10.8 Å². The minimum atomic E-state index is -0.542. The lowest BCUT2D eigenvalue weighted by Gasteiger charge is -2.35. The van der Waals surface area contributed by atoms with E-state index in [0.29, 0.717) is 0 Å². The van der Waals surface area contributed by atoms with Crippen molar-refractivity contribution in [3.63, 3.8) is 0 Å². The molecule has 2 heterocycles. The van der Waals surface area contributed by atoms with Crippen molar-refractivity contribution in [3.8, 4) is 22.3 Å². The predicted molar refractivity (Wildman–Crippen MR) is 372 cm³/mol. The van der Waals surface area contributed by atoms with Gasteiger partial charge in [0.2, 0.25) is 0 Å². The Kier molecular flexibility index (Phi) is 11.5. The van der Waals surface area contributed by atoms with Gasteiger partial charge in [-0.15, -0.1) is 0 Å². The van der Waals surface area contributed by atoms with Gasteiger partial charge in [-0.25, -0.2) is 0 Å². The van der Waals surface area contributed by atoms with E-state index in [1.165, 1.54) is 77.9 Å². The molecule has 4 heteroatoms. The Morgan fingerprint density at radius 3 is 0.922 bits per heavy atom. The summed E-state index contributed by atoms with van der Waals surface area (Å²) in [7, 11) is 0. The lowest BCUT2D eigenvalue weighted by atomic mass is 9.67. The fourth-order valence-corrected chi connectivity index (χ4v) is 15.8. The molecule has 0 N–H and O–H groups in total. The zero-order chi connectivity index (χ0) is 59.7. The van der Waals surface area contributed by atoms with Gasteiger partial charge in [-0.3, -0.25) is 0 Å². The number of rotatable bonds is 10. The standard InChI is InChI=1S/C86H58N2O2/c1-55-21-17-29-61(49-55)87(63-31-19-27-59(51-63)85(57-23-5-3-6-24-57)75-37-13-9-33-67(75)68-34-10-14-38-76(68)85)65-41-43-73-81(53-65)89-79-47-45-72-71(83(73)79)46-48-80-84(72)74-44-42-66(54-82(74)90-80)88(62-30-18-22-56(2)50-62)64-32-20-28-60(52-64)86(58-25-7-4-8-26-58)77-39-15-11-35-69(77)70-36-12-16-40-78(70)86/h3-54H,1-2H3. The molecule has 4 nitrogen and oxygen atoms in total. The van der Waals surface area contributed by atoms with Gasteiger partial charge in [0.1, 0.15) is 22.3 Å². The third kappa shape index (κ3) is 7.55. The van der Waals surface area contributed by atoms with Crippen LogP contribution in [0.25, 0.3) is 76.9 Å². The van der Waals surface area contributed by atoms with Gasteiger partial charge in [-0.1, -0.05) is 206 Å². The maximum Gasteiger partial charge on any atom is 0.137 e. The molecule has 0 bridgehead atoms. The summed E-state index contributed by atoms with van der Waals surface area (Å²) in [5, 5.41) is 6.52. The van der Waals surface area contributed by atoms with Crippen LogP contribution in [-0.4, -0.2) is 0 Å². The van der Waals surface area contributed by atoms with E-state index in [1.807, 2.05) is 0 Å². The van der Waals surface area contributed by atoms with Gasteiger partial charge >= 0.3 is 0 Å². The summed E-state index contributed by atoms with van der Waals surface area (Å²) in [5.41, 5.74) is 26.0. The van der Waals surface area contributed by atoms with Gasteiger partial charge in [0, 0.05) is 67.8 Å². The SMILES string of the molecule is Cc1cccc(N(c2cccc(C3(c4ccccc4)c4ccccc4-c4ccccc43)c2)c2ccc3c(c2)oc2ccc4c(ccc5oc6cc(N(c7cccc(C)c7)c7cccc(C8(c9ccccc9)c9ccccc9-c9ccccc98)c7)ccc6c54)c23)c1. The second-order valence-corrected chi connectivity index (χ2v) is 24.4. The monoisotopic (exact) mass is 1150 g/mol. The van der Waals surface area contributed by atoms with Crippen molar-refractivity contribution in [2.24, 2.45) is 0 Å². The normalized spacial score (nSPS) is 13.4. The predicted octanol–water partition coefficient (Wildman–Crippen LogP) is 22.9. The molecule has 2 aliphatic carbocycles. The Labute approximate surface area is 522 Å². The van der Waals surface area contributed by atoms with E-state index in [-0.39, 0.29) is 0 Å². The van der Waals surface area contributed by atoms with Gasteiger partial charge in [-0.2, -0.15) is 0 Å². The van der Waals surface area contributed by atoms with E-state index in [2.05, 4.69) is 339 Å². The van der Waals surface area contributed by atoms with Crippen LogP contribution in [0.1, 0.15) is 55.6 Å². The molecule has 0 aliphatic heterocycles. The first kappa shape index (κ1) is 51.7. The highest BCUT2D eigenvalue weighted by Gasteiger charge is 2.48. The Bertz CT molecular complexity index is 5120. The van der Waals surface area contributed by atoms with Gasteiger partial charge in [0.25, 0.3) is 0 Å². The minimum absolute atomic E-state index is 0.542. The second kappa shape index (κ2) is 20.0. The molecule has 0 unspecified atom stereocenters. The summed E-state index contributed by atoms with van der Waals surface area (Å²) in [6, 6.07) is 116. The molecule has 14 aromatic carbocycles. The minimum Gasteiger partial charge on any atom is -0.456 e. The topological polar surface area (TPSA) is 32.8 Å². The maximum absolute atomic E-state index is 6.97. The molecule has 0 saturated heterocycles. The Hall–Kier alpha value is -11.5. The summed E-state index contributed by atoms with van der Waals surface area (Å²) in [4.78, 5) is 4.77. The first-order valence-electron chi connectivity index (χ1n) is 31.1. The molecule has 16 aromatic rings. The maximum atomic E-state index is 6.97. The molecule has 90 heavy (non-hydrogen) atoms. The van der Waals surface area contributed by atoms with E-state index in [0.717, 1.165) is 88.8 Å². The lowest BCUT2D eigenvalue weighted by molar-refractivity contribution is 0.668. The Morgan fingerprint density at radius 2 is 0.544 bits per heavy atom. The van der Waals surface area contributed by atoms with Crippen LogP contribution < -0.4 is 9.80 Å². The van der Waals surface area contributed by atoms with Crippen molar-refractivity contribution >= 4 is 88.8 Å². The van der Waals surface area contributed by atoms with E-state index in [1.54, 1.807) is 0 Å². The molecule has 0 radical (unpaired) electrons. The van der Waals surface area contributed by atoms with Crippen molar-refractivity contribution in [1.82, 2.24) is 0 Å². The van der Waals surface area contributed by atoms with E-state index in [4.69, 9.17) is 8.83 Å². The highest BCUT2D eigenvalue weighted by Crippen LogP contribution is 2.59. The Balaban J connectivity index is 0.759. The molecule has 0 spiro atoms. The zero-order valence-corrected chi connectivity index (χ0v) is 49.7. The molecule has 0 amide bonds. The van der Waals surface area contributed by atoms with Gasteiger partial charge in [-0.05, 0) is 200 Å². The highest BCUT2D eigenvalue weighted by atomic mass is 16.3. The first-order valence-corrected chi connectivity index (χ1v) is 31.1. The summed E-state index contributed by atoms with van der Waals surface area (Å²) in [6.07, 6.45) is 0. The van der Waals surface area contributed by atoms with Gasteiger partial charge < -0.3 is 18.6 Å². The van der Waals surface area contributed by atoms with Crippen molar-refractivity contribution in [3.05, 3.63) is 371 Å². The number of aryl methyl sites for hydroxylation is 2. The van der Waals surface area contributed by atoms with Crippen LogP contribution in [0.15, 0.2) is 324 Å². The van der Waals surface area contributed by atoms with E-state index < -0.39 is 10.8 Å². The third-order valence-corrected chi connectivity index (χ3v) is 19.5. The van der Waals surface area contributed by atoms with Crippen molar-refractivity contribution in [1.29, 1.82) is 0 Å². The van der Waals surface area contributed by atoms with Crippen LogP contribution >= 0.6 is 0 Å². The van der Waals surface area contributed by atoms with Crippen LogP contribution in [0.4, 0.5) is 34.1 Å². The lowest BCUT2D eigenvalue weighted by Crippen LogP contribution is -2.28. The number of benzene rings is 14. The quantitative estimate of drug-likeness (QED) is 0.137. The van der Waals surface area contributed by atoms with E-state index in [9.17, 15) is 0 Å². The molecular weight excluding hydrogens is 1090 g/mol. The smallest absolute Gasteiger partial charge is 0.137 e. The fourth-order valence-electron chi connectivity index (χ4n) is 15.8. The van der Waals surface area contributed by atoms with Crippen LogP contribution in [0.5, 0.6) is 0 Å². The molecule has 18 rings (SSSR count). The molecule has 0 saturated carbocycles. The van der Waals surface area contributed by atoms with Crippen molar-refractivity contribution in [2.75, 3.05) is 9.80 Å². The van der Waals surface area contributed by atoms with Crippen LogP contribution in [0.2, 0.25) is 0 Å². The summed E-state index contributed by atoms with van der Waals surface area (Å²) < 4.78 is 13.9. The summed E-state index contributed by atoms with van der Waals surface area (Å²) in [6.45, 7) is 4.33. The molecular formula is C86H58N2O2. The molecule has 0 atom stereocenters. The number of furan rings is 2. The zero-order valence-electron chi connectivity index (χ0n) is 49.7. The molecule has 2 aromatic heterocycles. The van der Waals surface area contributed by atoms with Crippen LogP contribution in [0.3, 0.4) is 0 Å². The molecule has 424 valence electrons. The van der Waals surface area contributed by atoms with Crippen LogP contribution in [0, 0.1) is 13.8 Å². The number of hydrogen-bond donors (Lipinski definition) is 0. The second-order valence-electron chi connectivity index (χ2n) is 24.4. The number of nitrogens with zero attached hydrogens (tertiary/aromatic N) is 2. The highest BCUT2D eigenvalue weighted by molar-refractivity contribution is 6.27. The van der Waals surface area contributed by atoms with Gasteiger partial charge in [0.05, 0.1) is 10.8 Å². The number of anilines is 6. The number of fused-ring (bicyclic) bond motifs is 15. The third-order valence-electron chi connectivity index (χ3n) is 19.5. The average Bonchev–Trinajstić information content (AvgIpc) is 1.55. The number of hydrogen-bond acceptors (Lipinski definition) is 4. The van der Waals surface area contributed by atoms with E-state index >= 15 is 0 Å². The summed E-state index contributed by atoms with van der Waals surface area (Å²) >= 11 is 0. The fraction of sp³-hybridized carbons (Fsp3) is 0.0465. The van der Waals surface area contributed by atoms with Crippen molar-refractivity contribution in [2.45, 2.75) is 24.7 Å².